The van der Waals surface area contributed by atoms with Gasteiger partial charge in [-0.1, -0.05) is 12.1 Å². The van der Waals surface area contributed by atoms with Gasteiger partial charge in [0.05, 0.1) is 17.8 Å². The Balaban J connectivity index is 1.98. The van der Waals surface area contributed by atoms with Gasteiger partial charge in [0.25, 0.3) is 5.91 Å². The first-order valence-corrected chi connectivity index (χ1v) is 7.96. The van der Waals surface area contributed by atoms with E-state index >= 15 is 0 Å². The van der Waals surface area contributed by atoms with Crippen LogP contribution in [0, 0.1) is 18.6 Å². The Labute approximate surface area is 145 Å². The van der Waals surface area contributed by atoms with Crippen molar-refractivity contribution in [2.45, 2.75) is 33.0 Å². The van der Waals surface area contributed by atoms with Gasteiger partial charge in [-0.15, -0.1) is 0 Å². The number of hydrogen-bond donors (Lipinski definition) is 2. The van der Waals surface area contributed by atoms with Crippen molar-refractivity contribution in [2.75, 3.05) is 6.54 Å². The monoisotopic (exact) mass is 349 g/mol. The van der Waals surface area contributed by atoms with Crippen molar-refractivity contribution in [3.8, 4) is 5.75 Å². The Kier molecular flexibility index (Phi) is 6.09. The summed E-state index contributed by atoms with van der Waals surface area (Å²) in [6, 6.07) is 8.62. The molecule has 1 atom stereocenters. The number of hydrogen-bond acceptors (Lipinski definition) is 3. The third kappa shape index (κ3) is 5.00. The van der Waals surface area contributed by atoms with Gasteiger partial charge in [-0.25, -0.2) is 8.78 Å². The first kappa shape index (κ1) is 18.9. The van der Waals surface area contributed by atoms with Crippen molar-refractivity contribution >= 4 is 5.91 Å². The van der Waals surface area contributed by atoms with Gasteiger partial charge in [0.2, 0.25) is 0 Å². The third-order valence-electron chi connectivity index (χ3n) is 3.59. The smallest absolute Gasteiger partial charge is 0.254 e. The van der Waals surface area contributed by atoms with Crippen LogP contribution in [-0.4, -0.2) is 23.7 Å². The number of aryl methyl sites for hydroxylation is 1. The summed E-state index contributed by atoms with van der Waals surface area (Å²) in [5.41, 5.74) is 0.306. The SMILES string of the molecule is Cc1cc(F)c(C(=O)NCC(O)c2ccc(OC(C)C)cc2)cc1F. The van der Waals surface area contributed by atoms with Crippen LogP contribution in [0.25, 0.3) is 0 Å². The second-order valence-corrected chi connectivity index (χ2v) is 6.04. The molecule has 0 aliphatic carbocycles. The van der Waals surface area contributed by atoms with Crippen LogP contribution in [0.15, 0.2) is 36.4 Å². The van der Waals surface area contributed by atoms with Gasteiger partial charge in [-0.05, 0) is 56.2 Å². The Morgan fingerprint density at radius 2 is 1.80 bits per heavy atom. The van der Waals surface area contributed by atoms with E-state index in [-0.39, 0.29) is 18.2 Å². The lowest BCUT2D eigenvalue weighted by molar-refractivity contribution is 0.0911. The van der Waals surface area contributed by atoms with E-state index in [9.17, 15) is 18.7 Å². The molecular formula is C19H21F2NO3. The predicted octanol–water partition coefficient (Wildman–Crippen LogP) is 3.52. The molecule has 1 amide bonds. The minimum absolute atomic E-state index is 0.0415. The van der Waals surface area contributed by atoms with Crippen molar-refractivity contribution in [2.24, 2.45) is 0 Å². The van der Waals surface area contributed by atoms with E-state index < -0.39 is 29.2 Å². The number of aliphatic hydroxyl groups excluding tert-OH is 1. The molecule has 0 spiro atoms. The first-order chi connectivity index (χ1) is 11.8. The summed E-state index contributed by atoms with van der Waals surface area (Å²) in [7, 11) is 0. The molecule has 0 radical (unpaired) electrons. The highest BCUT2D eigenvalue weighted by molar-refractivity contribution is 5.94. The number of carbonyl (C=O) groups is 1. The quantitative estimate of drug-likeness (QED) is 0.839. The van der Waals surface area contributed by atoms with Crippen LogP contribution in [-0.2, 0) is 0 Å². The average Bonchev–Trinajstić information content (AvgIpc) is 2.55. The van der Waals surface area contributed by atoms with Gasteiger partial charge in [-0.2, -0.15) is 0 Å². The topological polar surface area (TPSA) is 58.6 Å². The molecule has 134 valence electrons. The zero-order valence-electron chi connectivity index (χ0n) is 14.3. The minimum atomic E-state index is -0.976. The molecule has 0 aliphatic heterocycles. The lowest BCUT2D eigenvalue weighted by atomic mass is 10.1. The zero-order chi connectivity index (χ0) is 18.6. The molecule has 0 saturated carbocycles. The first-order valence-electron chi connectivity index (χ1n) is 7.96. The molecule has 2 aromatic carbocycles. The Hall–Kier alpha value is -2.47. The molecule has 2 N–H and O–H groups in total. The second kappa shape index (κ2) is 8.07. The molecule has 0 aromatic heterocycles. The van der Waals surface area contributed by atoms with Crippen LogP contribution in [0.3, 0.4) is 0 Å². The van der Waals surface area contributed by atoms with Crippen molar-refractivity contribution in [3.63, 3.8) is 0 Å². The molecule has 0 bridgehead atoms. The molecule has 6 heteroatoms. The highest BCUT2D eigenvalue weighted by atomic mass is 19.1. The molecule has 1 unspecified atom stereocenters. The summed E-state index contributed by atoms with van der Waals surface area (Å²) in [5.74, 6) is -1.57. The van der Waals surface area contributed by atoms with Crippen molar-refractivity contribution in [1.82, 2.24) is 5.32 Å². The number of carbonyl (C=O) groups excluding carboxylic acids is 1. The normalized spacial score (nSPS) is 12.1. The molecule has 0 heterocycles. The Morgan fingerprint density at radius 3 is 2.40 bits per heavy atom. The van der Waals surface area contributed by atoms with E-state index in [1.807, 2.05) is 13.8 Å². The number of amides is 1. The van der Waals surface area contributed by atoms with E-state index in [0.29, 0.717) is 11.3 Å². The third-order valence-corrected chi connectivity index (χ3v) is 3.59. The molecule has 0 saturated heterocycles. The molecule has 0 fully saturated rings. The van der Waals surface area contributed by atoms with E-state index in [1.165, 1.54) is 6.92 Å². The van der Waals surface area contributed by atoms with Crippen LogP contribution in [0.2, 0.25) is 0 Å². The fraction of sp³-hybridized carbons (Fsp3) is 0.316. The number of rotatable bonds is 6. The molecule has 4 nitrogen and oxygen atoms in total. The van der Waals surface area contributed by atoms with E-state index in [4.69, 9.17) is 4.74 Å². The van der Waals surface area contributed by atoms with E-state index in [0.717, 1.165) is 12.1 Å². The lowest BCUT2D eigenvalue weighted by Crippen LogP contribution is -2.29. The largest absolute Gasteiger partial charge is 0.491 e. The maximum atomic E-state index is 13.8. The molecule has 2 rings (SSSR count). The summed E-state index contributed by atoms with van der Waals surface area (Å²) in [6.45, 7) is 5.10. The molecule has 2 aromatic rings. The van der Waals surface area contributed by atoms with Crippen LogP contribution in [0.4, 0.5) is 8.78 Å². The highest BCUT2D eigenvalue weighted by Crippen LogP contribution is 2.19. The number of nitrogens with one attached hydrogen (secondary N) is 1. The molecule has 25 heavy (non-hydrogen) atoms. The average molecular weight is 349 g/mol. The van der Waals surface area contributed by atoms with Crippen LogP contribution in [0.5, 0.6) is 5.75 Å². The van der Waals surface area contributed by atoms with Crippen molar-refractivity contribution < 1.29 is 23.4 Å². The molecule has 0 aliphatic rings. The maximum absolute atomic E-state index is 13.8. The van der Waals surface area contributed by atoms with Crippen LogP contribution >= 0.6 is 0 Å². The van der Waals surface area contributed by atoms with Gasteiger partial charge >= 0.3 is 0 Å². The molecular weight excluding hydrogens is 328 g/mol. The summed E-state index contributed by atoms with van der Waals surface area (Å²) >= 11 is 0. The van der Waals surface area contributed by atoms with Gasteiger partial charge in [0.15, 0.2) is 0 Å². The van der Waals surface area contributed by atoms with Crippen LogP contribution < -0.4 is 10.1 Å². The Morgan fingerprint density at radius 1 is 1.16 bits per heavy atom. The van der Waals surface area contributed by atoms with Crippen molar-refractivity contribution in [3.05, 3.63) is 64.7 Å². The fourth-order valence-corrected chi connectivity index (χ4v) is 2.26. The highest BCUT2D eigenvalue weighted by Gasteiger charge is 2.16. The van der Waals surface area contributed by atoms with Crippen molar-refractivity contribution in [1.29, 1.82) is 0 Å². The maximum Gasteiger partial charge on any atom is 0.254 e. The standard InChI is InChI=1S/C19H21F2NO3/c1-11(2)25-14-6-4-13(5-7-14)18(23)10-22-19(24)15-9-16(20)12(3)8-17(15)21/h4-9,11,18,23H,10H2,1-3H3,(H,22,24). The summed E-state index contributed by atoms with van der Waals surface area (Å²) in [6.07, 6.45) is -0.935. The van der Waals surface area contributed by atoms with Gasteiger partial charge < -0.3 is 15.2 Å². The Bertz CT molecular complexity index is 745. The lowest BCUT2D eigenvalue weighted by Gasteiger charge is -2.14. The number of benzene rings is 2. The minimum Gasteiger partial charge on any atom is -0.491 e. The zero-order valence-corrected chi connectivity index (χ0v) is 14.3. The fourth-order valence-electron chi connectivity index (χ4n) is 2.26. The van der Waals surface area contributed by atoms with Gasteiger partial charge in [0, 0.05) is 6.54 Å². The van der Waals surface area contributed by atoms with E-state index in [2.05, 4.69) is 5.32 Å². The number of halogens is 2. The van der Waals surface area contributed by atoms with Gasteiger partial charge in [0.1, 0.15) is 17.4 Å². The summed E-state index contributed by atoms with van der Waals surface area (Å²) in [4.78, 5) is 12.0. The second-order valence-electron chi connectivity index (χ2n) is 6.04. The predicted molar refractivity (Wildman–Crippen MR) is 90.6 cm³/mol. The summed E-state index contributed by atoms with van der Waals surface area (Å²) in [5, 5.41) is 12.5. The van der Waals surface area contributed by atoms with Gasteiger partial charge in [-0.3, -0.25) is 4.79 Å². The van der Waals surface area contributed by atoms with E-state index in [1.54, 1.807) is 24.3 Å². The number of aliphatic hydroxyl groups is 1. The number of ether oxygens (including phenoxy) is 1. The van der Waals surface area contributed by atoms with Crippen LogP contribution in [0.1, 0.15) is 41.4 Å². The summed E-state index contributed by atoms with van der Waals surface area (Å²) < 4.78 is 32.8.